The monoisotopic (exact) mass is 531 g/mol. The summed E-state index contributed by atoms with van der Waals surface area (Å²) in [5.41, 5.74) is 6.54. The van der Waals surface area contributed by atoms with Gasteiger partial charge in [0.2, 0.25) is 17.8 Å². The molecule has 1 heterocycles. The lowest BCUT2D eigenvalue weighted by atomic mass is 9.88. The van der Waals surface area contributed by atoms with E-state index in [4.69, 9.17) is 5.73 Å². The summed E-state index contributed by atoms with van der Waals surface area (Å²) in [5.74, 6) is -2.14. The molecule has 4 rings (SSSR count). The Balaban J connectivity index is 1.65. The molecule has 12 heteroatoms. The highest BCUT2D eigenvalue weighted by Crippen LogP contribution is 2.31. The van der Waals surface area contributed by atoms with Crippen LogP contribution in [-0.4, -0.2) is 40.7 Å². The molecule has 38 heavy (non-hydrogen) atoms. The molecule has 3 aromatic rings. The first-order chi connectivity index (χ1) is 18.0. The molecule has 3 N–H and O–H groups in total. The third kappa shape index (κ3) is 6.24. The Hall–Kier alpha value is -4.09. The van der Waals surface area contributed by atoms with Crippen molar-refractivity contribution in [2.24, 2.45) is 11.7 Å². The number of amides is 3. The van der Waals surface area contributed by atoms with E-state index in [9.17, 15) is 27.6 Å². The molecule has 9 nitrogen and oxygen atoms in total. The van der Waals surface area contributed by atoms with Gasteiger partial charge in [0.05, 0.1) is 16.6 Å². The number of nitrogens with two attached hydrogens (primary N) is 1. The summed E-state index contributed by atoms with van der Waals surface area (Å²) in [6.45, 7) is 0.0678. The largest absolute Gasteiger partial charge is 0.573 e. The lowest BCUT2D eigenvalue weighted by Gasteiger charge is -2.26. The van der Waals surface area contributed by atoms with Crippen LogP contribution in [0.1, 0.15) is 48.9 Å². The zero-order valence-corrected chi connectivity index (χ0v) is 20.8. The van der Waals surface area contributed by atoms with Crippen molar-refractivity contribution in [1.82, 2.24) is 9.55 Å². The summed E-state index contributed by atoms with van der Waals surface area (Å²) in [5, 5.41) is 2.52. The summed E-state index contributed by atoms with van der Waals surface area (Å²) < 4.78 is 44.0. The minimum Gasteiger partial charge on any atom is -0.405 e. The van der Waals surface area contributed by atoms with Crippen molar-refractivity contribution in [3.63, 3.8) is 0 Å². The molecule has 0 spiro atoms. The van der Waals surface area contributed by atoms with Crippen molar-refractivity contribution >= 4 is 40.4 Å². The van der Waals surface area contributed by atoms with E-state index in [1.807, 2.05) is 0 Å². The molecule has 0 radical (unpaired) electrons. The maximum atomic E-state index is 13.0. The van der Waals surface area contributed by atoms with Gasteiger partial charge in [-0.25, -0.2) is 4.98 Å². The zero-order valence-electron chi connectivity index (χ0n) is 20.8. The van der Waals surface area contributed by atoms with E-state index in [0.29, 0.717) is 16.7 Å². The number of anilines is 2. The fourth-order valence-electron chi connectivity index (χ4n) is 4.66. The number of halogens is 3. The summed E-state index contributed by atoms with van der Waals surface area (Å²) in [4.78, 5) is 43.5. The molecule has 3 amide bonds. The van der Waals surface area contributed by atoms with Gasteiger partial charge < -0.3 is 19.9 Å². The number of nitrogens with zero attached hydrogens (tertiary/aromatic N) is 3. The number of rotatable bonds is 8. The van der Waals surface area contributed by atoms with Gasteiger partial charge in [-0.1, -0.05) is 31.4 Å². The van der Waals surface area contributed by atoms with Crippen LogP contribution in [0.4, 0.5) is 24.8 Å². The van der Waals surface area contributed by atoms with E-state index in [2.05, 4.69) is 15.0 Å². The molecule has 2 aromatic carbocycles. The van der Waals surface area contributed by atoms with Crippen LogP contribution < -0.4 is 20.7 Å². The number of nitrogens with one attached hydrogen (secondary N) is 1. The van der Waals surface area contributed by atoms with Crippen LogP contribution >= 0.6 is 0 Å². The number of carbonyl (C=O) groups excluding carboxylic acids is 3. The number of ether oxygens (including phenoxy) is 1. The number of aryl methyl sites for hydroxylation is 1. The number of aromatic nitrogens is 2. The quantitative estimate of drug-likeness (QED) is 0.440. The van der Waals surface area contributed by atoms with Gasteiger partial charge in [-0.15, -0.1) is 13.2 Å². The van der Waals surface area contributed by atoms with Gasteiger partial charge in [0.1, 0.15) is 5.75 Å². The fourth-order valence-corrected chi connectivity index (χ4v) is 4.66. The SMILES string of the molecule is CN(C(=O)C1CCCCC1)c1ccc2c(c1)nc(NC(=O)c1ccccc1OC(F)(F)F)n2CCC(N)=O. The van der Waals surface area contributed by atoms with E-state index in [1.54, 1.807) is 30.1 Å². The fraction of sp³-hybridized carbons (Fsp3) is 0.385. The van der Waals surface area contributed by atoms with Crippen LogP contribution in [-0.2, 0) is 16.1 Å². The number of fused-ring (bicyclic) bond motifs is 1. The molecular weight excluding hydrogens is 503 g/mol. The first-order valence-electron chi connectivity index (χ1n) is 12.3. The van der Waals surface area contributed by atoms with Crippen LogP contribution in [0.2, 0.25) is 0 Å². The van der Waals surface area contributed by atoms with E-state index < -0.39 is 23.9 Å². The maximum Gasteiger partial charge on any atom is 0.573 e. The highest BCUT2D eigenvalue weighted by molar-refractivity contribution is 6.06. The second-order valence-electron chi connectivity index (χ2n) is 9.21. The van der Waals surface area contributed by atoms with Gasteiger partial charge in [-0.2, -0.15) is 0 Å². The number of imidazole rings is 1. The number of hydrogen-bond acceptors (Lipinski definition) is 5. The maximum absolute atomic E-state index is 13.0. The second kappa shape index (κ2) is 11.1. The van der Waals surface area contributed by atoms with E-state index in [-0.39, 0.29) is 36.3 Å². The molecule has 0 unspecified atom stereocenters. The van der Waals surface area contributed by atoms with Gasteiger partial charge >= 0.3 is 6.36 Å². The predicted molar refractivity (Wildman–Crippen MR) is 135 cm³/mol. The van der Waals surface area contributed by atoms with Crippen molar-refractivity contribution in [1.29, 1.82) is 0 Å². The minimum absolute atomic E-state index is 0.00599. The molecule has 0 saturated heterocycles. The molecule has 202 valence electrons. The topological polar surface area (TPSA) is 120 Å². The highest BCUT2D eigenvalue weighted by Gasteiger charge is 2.33. The van der Waals surface area contributed by atoms with E-state index in [1.165, 1.54) is 22.8 Å². The predicted octanol–water partition coefficient (Wildman–Crippen LogP) is 4.61. The number of para-hydroxylation sites is 1. The number of alkyl halides is 3. The Morgan fingerprint density at radius 2 is 1.84 bits per heavy atom. The molecule has 0 aliphatic heterocycles. The molecule has 1 saturated carbocycles. The van der Waals surface area contributed by atoms with E-state index in [0.717, 1.165) is 38.2 Å². The van der Waals surface area contributed by atoms with Crippen LogP contribution in [0.25, 0.3) is 11.0 Å². The number of primary amides is 1. The highest BCUT2D eigenvalue weighted by atomic mass is 19.4. The summed E-state index contributed by atoms with van der Waals surface area (Å²) >= 11 is 0. The van der Waals surface area contributed by atoms with Crippen LogP contribution in [0.15, 0.2) is 42.5 Å². The average Bonchev–Trinajstić information content (AvgIpc) is 3.22. The molecular formula is C26H28F3N5O4. The molecule has 1 aliphatic carbocycles. The molecule has 1 aromatic heterocycles. The molecule has 0 bridgehead atoms. The van der Waals surface area contributed by atoms with E-state index >= 15 is 0 Å². The summed E-state index contributed by atoms with van der Waals surface area (Å²) in [6.07, 6.45) is -0.177. The van der Waals surface area contributed by atoms with Crippen LogP contribution in [0, 0.1) is 5.92 Å². The molecule has 0 atom stereocenters. The summed E-state index contributed by atoms with van der Waals surface area (Å²) in [6, 6.07) is 10.1. The smallest absolute Gasteiger partial charge is 0.405 e. The van der Waals surface area contributed by atoms with Gasteiger partial charge in [0.25, 0.3) is 5.91 Å². The van der Waals surface area contributed by atoms with Crippen molar-refractivity contribution < 1.29 is 32.3 Å². The first-order valence-corrected chi connectivity index (χ1v) is 12.3. The Morgan fingerprint density at radius 3 is 2.53 bits per heavy atom. The second-order valence-corrected chi connectivity index (χ2v) is 9.21. The first kappa shape index (κ1) is 27.0. The van der Waals surface area contributed by atoms with Gasteiger partial charge in [-0.05, 0) is 43.2 Å². The summed E-state index contributed by atoms with van der Waals surface area (Å²) in [7, 11) is 1.70. The zero-order chi connectivity index (χ0) is 27.4. The lowest BCUT2D eigenvalue weighted by molar-refractivity contribution is -0.274. The molecule has 1 fully saturated rings. The van der Waals surface area contributed by atoms with Gasteiger partial charge in [0.15, 0.2) is 0 Å². The Bertz CT molecular complexity index is 1350. The Kier molecular flexibility index (Phi) is 7.88. The number of benzene rings is 2. The Labute approximate surface area is 216 Å². The van der Waals surface area contributed by atoms with Crippen molar-refractivity contribution in [2.45, 2.75) is 51.4 Å². The van der Waals surface area contributed by atoms with Crippen LogP contribution in [0.5, 0.6) is 5.75 Å². The molecule has 1 aliphatic rings. The van der Waals surface area contributed by atoms with Gasteiger partial charge in [0, 0.05) is 31.6 Å². The van der Waals surface area contributed by atoms with Crippen molar-refractivity contribution in [3.8, 4) is 5.75 Å². The third-order valence-electron chi connectivity index (χ3n) is 6.57. The minimum atomic E-state index is -4.98. The normalized spacial score (nSPS) is 14.3. The number of hydrogen-bond donors (Lipinski definition) is 2. The average molecular weight is 532 g/mol. The lowest BCUT2D eigenvalue weighted by Crippen LogP contribution is -2.33. The van der Waals surface area contributed by atoms with Crippen molar-refractivity contribution in [2.75, 3.05) is 17.3 Å². The number of carbonyl (C=O) groups is 3. The van der Waals surface area contributed by atoms with Crippen molar-refractivity contribution in [3.05, 3.63) is 48.0 Å². The Morgan fingerprint density at radius 1 is 1.13 bits per heavy atom. The third-order valence-corrected chi connectivity index (χ3v) is 6.57. The van der Waals surface area contributed by atoms with Crippen LogP contribution in [0.3, 0.4) is 0 Å². The van der Waals surface area contributed by atoms with Gasteiger partial charge in [-0.3, -0.25) is 19.7 Å². The standard InChI is InChI=1S/C26H28F3N5O4/c1-33(24(37)16-7-3-2-4-8-16)17-11-12-20-19(15-17)31-25(34(20)14-13-22(30)35)32-23(36)18-9-5-6-10-21(18)38-26(27,28)29/h5-6,9-12,15-16H,2-4,7-8,13-14H2,1H3,(H2,30,35)(H,31,32,36).